The number of carbonyl (C=O) groups is 1. The molecule has 0 bridgehead atoms. The van der Waals surface area contributed by atoms with Crippen LogP contribution in [0.2, 0.25) is 5.02 Å². The van der Waals surface area contributed by atoms with Crippen LogP contribution in [0.1, 0.15) is 49.3 Å². The maximum Gasteiger partial charge on any atom is 0.303 e. The highest BCUT2D eigenvalue weighted by molar-refractivity contribution is 6.31. The molecule has 1 saturated heterocycles. The number of fused-ring (bicyclic) bond motifs is 2. The number of likely N-dealkylation sites (tertiary alicyclic amines) is 1. The normalized spacial score (nSPS) is 17.4. The summed E-state index contributed by atoms with van der Waals surface area (Å²) in [7, 11) is 0. The summed E-state index contributed by atoms with van der Waals surface area (Å²) in [6, 6.07) is 12.3. The number of hydrogen-bond acceptors (Lipinski definition) is 4. The largest absolute Gasteiger partial charge is 0.492 e. The molecule has 5 nitrogen and oxygen atoms in total. The summed E-state index contributed by atoms with van der Waals surface area (Å²) in [5.74, 6) is 0.995. The van der Waals surface area contributed by atoms with E-state index < -0.39 is 5.97 Å². The smallest absolute Gasteiger partial charge is 0.303 e. The van der Waals surface area contributed by atoms with Gasteiger partial charge in [0.05, 0.1) is 6.61 Å². The van der Waals surface area contributed by atoms with Crippen LogP contribution < -0.4 is 9.47 Å². The zero-order valence-corrected chi connectivity index (χ0v) is 18.8. The van der Waals surface area contributed by atoms with Gasteiger partial charge in [-0.25, -0.2) is 0 Å². The average molecular weight is 444 g/mol. The molecule has 0 aliphatic carbocycles. The van der Waals surface area contributed by atoms with E-state index in [1.807, 2.05) is 24.3 Å². The number of halogens is 1. The van der Waals surface area contributed by atoms with E-state index in [1.54, 1.807) is 0 Å². The fourth-order valence-electron chi connectivity index (χ4n) is 4.64. The lowest BCUT2D eigenvalue weighted by molar-refractivity contribution is -0.137. The van der Waals surface area contributed by atoms with Crippen molar-refractivity contribution >= 4 is 17.6 Å². The highest BCUT2D eigenvalue weighted by Crippen LogP contribution is 2.46. The molecule has 0 radical (unpaired) electrons. The summed E-state index contributed by atoms with van der Waals surface area (Å²) in [4.78, 5) is 13.1. The molecule has 2 aliphatic heterocycles. The van der Waals surface area contributed by atoms with Gasteiger partial charge in [-0.15, -0.1) is 0 Å². The minimum atomic E-state index is -0.718. The van der Waals surface area contributed by atoms with Crippen molar-refractivity contribution in [2.75, 3.05) is 26.2 Å². The van der Waals surface area contributed by atoms with Crippen molar-refractivity contribution in [1.29, 1.82) is 0 Å². The second-order valence-corrected chi connectivity index (χ2v) is 9.04. The zero-order valence-electron chi connectivity index (χ0n) is 18.0. The number of carboxylic acid groups (broad SMARTS) is 1. The van der Waals surface area contributed by atoms with Gasteiger partial charge < -0.3 is 19.5 Å². The number of carboxylic acids is 1. The van der Waals surface area contributed by atoms with E-state index in [0.717, 1.165) is 61.0 Å². The van der Waals surface area contributed by atoms with Crippen molar-refractivity contribution in [2.24, 2.45) is 0 Å². The Kier molecular flexibility index (Phi) is 6.73. The summed E-state index contributed by atoms with van der Waals surface area (Å²) in [5, 5.41) is 9.56. The molecule has 2 aromatic rings. The minimum Gasteiger partial charge on any atom is -0.492 e. The van der Waals surface area contributed by atoms with Crippen LogP contribution in [0.15, 0.2) is 36.4 Å². The van der Waals surface area contributed by atoms with Crippen LogP contribution in [-0.4, -0.2) is 42.2 Å². The molecular formula is C25H30ClNO4. The van der Waals surface area contributed by atoms with E-state index in [-0.39, 0.29) is 11.8 Å². The predicted octanol–water partition coefficient (Wildman–Crippen LogP) is 5.07. The highest BCUT2D eigenvalue weighted by atomic mass is 35.5. The van der Waals surface area contributed by atoms with E-state index in [0.29, 0.717) is 19.6 Å². The second kappa shape index (κ2) is 9.49. The van der Waals surface area contributed by atoms with Gasteiger partial charge in [0.15, 0.2) is 0 Å². The number of nitrogens with zero attached hydrogens (tertiary/aromatic N) is 1. The van der Waals surface area contributed by atoms with Crippen LogP contribution in [0.3, 0.4) is 0 Å². The summed E-state index contributed by atoms with van der Waals surface area (Å²) in [6.45, 7) is 6.08. The van der Waals surface area contributed by atoms with Gasteiger partial charge >= 0.3 is 5.97 Å². The third-order valence-electron chi connectivity index (χ3n) is 6.62. The molecule has 2 aromatic carbocycles. The SMILES string of the molecule is CCc1ccc(Cl)c(COc2ccc3c(c2)OCC32CCN(CCCC(=O)O)CC2)c1. The van der Waals surface area contributed by atoms with Gasteiger partial charge in [-0.3, -0.25) is 4.79 Å². The first-order valence-electron chi connectivity index (χ1n) is 11.1. The Labute approximate surface area is 188 Å². The lowest BCUT2D eigenvalue weighted by Gasteiger charge is -2.38. The van der Waals surface area contributed by atoms with E-state index >= 15 is 0 Å². The van der Waals surface area contributed by atoms with E-state index in [1.165, 1.54) is 11.1 Å². The molecule has 6 heteroatoms. The fraction of sp³-hybridized carbons (Fsp3) is 0.480. The van der Waals surface area contributed by atoms with Gasteiger partial charge in [0.25, 0.3) is 0 Å². The molecule has 4 rings (SSSR count). The van der Waals surface area contributed by atoms with Gasteiger partial charge in [-0.1, -0.05) is 36.7 Å². The molecule has 2 heterocycles. The topological polar surface area (TPSA) is 59.0 Å². The van der Waals surface area contributed by atoms with Gasteiger partial charge in [0.2, 0.25) is 0 Å². The summed E-state index contributed by atoms with van der Waals surface area (Å²) in [6.07, 6.45) is 3.99. The molecule has 1 N–H and O–H groups in total. The number of aliphatic carboxylic acids is 1. The third-order valence-corrected chi connectivity index (χ3v) is 6.99. The molecule has 0 atom stereocenters. The quantitative estimate of drug-likeness (QED) is 0.617. The predicted molar refractivity (Wildman–Crippen MR) is 121 cm³/mol. The van der Waals surface area contributed by atoms with E-state index in [9.17, 15) is 4.79 Å². The molecule has 2 aliphatic rings. The second-order valence-electron chi connectivity index (χ2n) is 8.63. The van der Waals surface area contributed by atoms with Gasteiger partial charge in [-0.05, 0) is 63.0 Å². The summed E-state index contributed by atoms with van der Waals surface area (Å²) < 4.78 is 12.1. The lowest BCUT2D eigenvalue weighted by atomic mass is 9.74. The van der Waals surface area contributed by atoms with Crippen LogP contribution in [0.4, 0.5) is 0 Å². The molecule has 0 aromatic heterocycles. The number of rotatable bonds is 8. The van der Waals surface area contributed by atoms with Crippen molar-refractivity contribution in [3.63, 3.8) is 0 Å². The highest BCUT2D eigenvalue weighted by Gasteiger charge is 2.43. The maximum atomic E-state index is 10.7. The molecule has 0 unspecified atom stereocenters. The van der Waals surface area contributed by atoms with E-state index in [4.69, 9.17) is 26.2 Å². The van der Waals surface area contributed by atoms with Gasteiger partial charge in [0.1, 0.15) is 18.1 Å². The van der Waals surface area contributed by atoms with Crippen molar-refractivity contribution in [3.8, 4) is 11.5 Å². The van der Waals surface area contributed by atoms with Crippen molar-refractivity contribution < 1.29 is 19.4 Å². The summed E-state index contributed by atoms with van der Waals surface area (Å²) in [5.41, 5.74) is 3.58. The van der Waals surface area contributed by atoms with Crippen LogP contribution in [-0.2, 0) is 23.2 Å². The van der Waals surface area contributed by atoms with Crippen LogP contribution in [0, 0.1) is 0 Å². The van der Waals surface area contributed by atoms with Crippen molar-refractivity contribution in [2.45, 2.75) is 51.0 Å². The number of benzene rings is 2. The molecule has 1 fully saturated rings. The maximum absolute atomic E-state index is 10.7. The molecule has 1 spiro atoms. The zero-order chi connectivity index (χ0) is 21.8. The van der Waals surface area contributed by atoms with Crippen LogP contribution in [0.25, 0.3) is 0 Å². The average Bonchev–Trinajstić information content (AvgIpc) is 3.12. The van der Waals surface area contributed by atoms with Crippen LogP contribution >= 0.6 is 11.6 Å². The Balaban J connectivity index is 1.37. The Morgan fingerprint density at radius 1 is 1.23 bits per heavy atom. The number of aryl methyl sites for hydroxylation is 1. The Bertz CT molecular complexity index is 937. The Hall–Kier alpha value is -2.24. The first-order valence-corrected chi connectivity index (χ1v) is 11.5. The van der Waals surface area contributed by atoms with Crippen molar-refractivity contribution in [3.05, 3.63) is 58.1 Å². The standard InChI is InChI=1S/C25H30ClNO4/c1-2-18-5-8-22(26)19(14-18)16-30-20-6-7-21-23(15-20)31-17-25(21)9-12-27(13-10-25)11-3-4-24(28)29/h5-8,14-15H,2-4,9-13,16-17H2,1H3,(H,28,29). The lowest BCUT2D eigenvalue weighted by Crippen LogP contribution is -2.43. The van der Waals surface area contributed by atoms with Crippen LogP contribution in [0.5, 0.6) is 11.5 Å². The number of piperidine rings is 1. The van der Waals surface area contributed by atoms with Crippen molar-refractivity contribution in [1.82, 2.24) is 4.90 Å². The number of hydrogen-bond donors (Lipinski definition) is 1. The van der Waals surface area contributed by atoms with Gasteiger partial charge in [-0.2, -0.15) is 0 Å². The molecular weight excluding hydrogens is 414 g/mol. The van der Waals surface area contributed by atoms with E-state index in [2.05, 4.69) is 24.0 Å². The van der Waals surface area contributed by atoms with Gasteiger partial charge in [0, 0.05) is 34.1 Å². The Morgan fingerprint density at radius 3 is 2.77 bits per heavy atom. The number of ether oxygens (including phenoxy) is 2. The molecule has 0 amide bonds. The molecule has 166 valence electrons. The third kappa shape index (κ3) is 4.99. The minimum absolute atomic E-state index is 0.0654. The first-order chi connectivity index (χ1) is 15.0. The molecule has 31 heavy (non-hydrogen) atoms. The Morgan fingerprint density at radius 2 is 2.03 bits per heavy atom. The fourth-order valence-corrected chi connectivity index (χ4v) is 4.81. The first kappa shape index (κ1) is 22.0. The summed E-state index contributed by atoms with van der Waals surface area (Å²) >= 11 is 6.33. The molecule has 0 saturated carbocycles. The monoisotopic (exact) mass is 443 g/mol.